The van der Waals surface area contributed by atoms with E-state index in [1.54, 1.807) is 27.7 Å². The molecule has 7 nitrogen and oxygen atoms in total. The van der Waals surface area contributed by atoms with Gasteiger partial charge in [-0.3, -0.25) is 4.90 Å². The third-order valence-corrected chi connectivity index (χ3v) is 6.07. The number of rotatable bonds is 3. The van der Waals surface area contributed by atoms with E-state index in [1.165, 1.54) is 4.90 Å². The lowest BCUT2D eigenvalue weighted by Crippen LogP contribution is -2.51. The highest BCUT2D eigenvalue weighted by Gasteiger charge is 2.52. The van der Waals surface area contributed by atoms with E-state index in [4.69, 9.17) is 18.8 Å². The Balaban J connectivity index is 1.89. The molecule has 0 unspecified atom stereocenters. The van der Waals surface area contributed by atoms with Gasteiger partial charge in [0, 0.05) is 6.42 Å². The fourth-order valence-electron chi connectivity index (χ4n) is 3.69. The summed E-state index contributed by atoms with van der Waals surface area (Å²) >= 11 is 0. The molecular weight excluding hydrogens is 397 g/mol. The maximum atomic E-state index is 12.8. The largest absolute Gasteiger partial charge is 0.494 e. The SMILES string of the molecule is CCOC(=O)[C@H]1Cc2cc(B3OC(C)(C)C(C)(C)O3)ccc2CN1C(=O)OC(C)(C)C. The minimum Gasteiger partial charge on any atom is -0.464 e. The van der Waals surface area contributed by atoms with Crippen LogP contribution < -0.4 is 5.46 Å². The lowest BCUT2D eigenvalue weighted by atomic mass is 9.76. The van der Waals surface area contributed by atoms with Crippen LogP contribution in [0.15, 0.2) is 18.2 Å². The number of esters is 1. The van der Waals surface area contributed by atoms with E-state index in [-0.39, 0.29) is 13.2 Å². The van der Waals surface area contributed by atoms with Crippen LogP contribution in [-0.4, -0.2) is 53.5 Å². The van der Waals surface area contributed by atoms with Crippen molar-refractivity contribution in [1.82, 2.24) is 4.90 Å². The molecule has 3 rings (SSSR count). The summed E-state index contributed by atoms with van der Waals surface area (Å²) in [6.45, 7) is 15.7. The minimum atomic E-state index is -0.740. The van der Waals surface area contributed by atoms with Crippen molar-refractivity contribution in [3.8, 4) is 0 Å². The monoisotopic (exact) mass is 431 g/mol. The molecule has 8 heteroatoms. The smallest absolute Gasteiger partial charge is 0.464 e. The molecule has 1 saturated heterocycles. The molecule has 1 aromatic rings. The Hall–Kier alpha value is -2.06. The van der Waals surface area contributed by atoms with Crippen molar-refractivity contribution in [1.29, 1.82) is 0 Å². The molecule has 0 N–H and O–H groups in total. The summed E-state index contributed by atoms with van der Waals surface area (Å²) < 4.78 is 23.1. The first-order valence-electron chi connectivity index (χ1n) is 10.9. The second-order valence-electron chi connectivity index (χ2n) is 10.2. The average Bonchev–Trinajstić information content (AvgIpc) is 2.86. The number of fused-ring (bicyclic) bond motifs is 1. The fraction of sp³-hybridized carbons (Fsp3) is 0.652. The maximum absolute atomic E-state index is 12.8. The zero-order valence-corrected chi connectivity index (χ0v) is 19.9. The van der Waals surface area contributed by atoms with Gasteiger partial charge >= 0.3 is 19.2 Å². The van der Waals surface area contributed by atoms with Crippen LogP contribution in [0, 0.1) is 0 Å². The molecule has 1 aromatic carbocycles. The first-order valence-corrected chi connectivity index (χ1v) is 10.9. The summed E-state index contributed by atoms with van der Waals surface area (Å²) in [5, 5.41) is 0. The molecule has 31 heavy (non-hydrogen) atoms. The van der Waals surface area contributed by atoms with Crippen LogP contribution in [0.1, 0.15) is 66.5 Å². The minimum absolute atomic E-state index is 0.248. The van der Waals surface area contributed by atoms with E-state index in [2.05, 4.69) is 0 Å². The molecule has 0 radical (unpaired) electrons. The predicted molar refractivity (Wildman–Crippen MR) is 118 cm³/mol. The molecule has 1 atom stereocenters. The van der Waals surface area contributed by atoms with Gasteiger partial charge in [0.05, 0.1) is 24.4 Å². The number of carbonyl (C=O) groups excluding carboxylic acids is 2. The number of carbonyl (C=O) groups is 2. The molecule has 0 aromatic heterocycles. The summed E-state index contributed by atoms with van der Waals surface area (Å²) in [4.78, 5) is 27.0. The zero-order chi connectivity index (χ0) is 23.2. The Labute approximate surface area is 185 Å². The highest BCUT2D eigenvalue weighted by molar-refractivity contribution is 6.62. The van der Waals surface area contributed by atoms with Gasteiger partial charge in [-0.2, -0.15) is 0 Å². The van der Waals surface area contributed by atoms with E-state index >= 15 is 0 Å². The van der Waals surface area contributed by atoms with Crippen molar-refractivity contribution in [2.75, 3.05) is 6.61 Å². The first-order chi connectivity index (χ1) is 14.2. The van der Waals surface area contributed by atoms with E-state index in [0.717, 1.165) is 16.6 Å². The lowest BCUT2D eigenvalue weighted by molar-refractivity contribution is -0.150. The van der Waals surface area contributed by atoms with Crippen LogP contribution in [0.3, 0.4) is 0 Å². The summed E-state index contributed by atoms with van der Waals surface area (Å²) in [5.74, 6) is -0.431. The van der Waals surface area contributed by atoms with Crippen molar-refractivity contribution < 1.29 is 28.4 Å². The third-order valence-electron chi connectivity index (χ3n) is 6.07. The number of hydrogen-bond acceptors (Lipinski definition) is 6. The Bertz CT molecular complexity index is 844. The Morgan fingerprint density at radius 3 is 2.29 bits per heavy atom. The second kappa shape index (κ2) is 8.13. The van der Waals surface area contributed by atoms with Gasteiger partial charge in [-0.15, -0.1) is 0 Å². The van der Waals surface area contributed by atoms with Gasteiger partial charge in [-0.05, 0) is 72.0 Å². The van der Waals surface area contributed by atoms with Crippen molar-refractivity contribution in [3.05, 3.63) is 29.3 Å². The number of ether oxygens (including phenoxy) is 2. The number of benzene rings is 1. The quantitative estimate of drug-likeness (QED) is 0.541. The fourth-order valence-corrected chi connectivity index (χ4v) is 3.69. The summed E-state index contributed by atoms with van der Waals surface area (Å²) in [7, 11) is -0.486. The standard InChI is InChI=1S/C23H34BNO6/c1-9-28-19(26)18-13-16-12-17(24-30-22(5,6)23(7,8)31-24)11-10-15(16)14-25(18)20(27)29-21(2,3)4/h10-12,18H,9,13-14H2,1-8H3/t18-/m1/s1. The van der Waals surface area contributed by atoms with E-state index in [9.17, 15) is 9.59 Å². The Morgan fingerprint density at radius 1 is 1.13 bits per heavy atom. The van der Waals surface area contributed by atoms with Gasteiger partial charge in [0.15, 0.2) is 0 Å². The predicted octanol–water partition coefficient (Wildman–Crippen LogP) is 3.21. The summed E-state index contributed by atoms with van der Waals surface area (Å²) in [5.41, 5.74) is 1.31. The molecule has 0 bridgehead atoms. The first kappa shape index (κ1) is 23.6. The third kappa shape index (κ3) is 4.90. The maximum Gasteiger partial charge on any atom is 0.494 e. The average molecular weight is 431 g/mol. The highest BCUT2D eigenvalue weighted by atomic mass is 16.7. The molecule has 2 heterocycles. The van der Waals surface area contributed by atoms with Crippen LogP contribution in [-0.2, 0) is 36.5 Å². The molecule has 2 aliphatic rings. The summed E-state index contributed by atoms with van der Waals surface area (Å²) in [6, 6.07) is 5.19. The number of nitrogens with zero attached hydrogens (tertiary/aromatic N) is 1. The van der Waals surface area contributed by atoms with Gasteiger partial charge in [0.2, 0.25) is 0 Å². The van der Waals surface area contributed by atoms with Crippen molar-refractivity contribution in [2.24, 2.45) is 0 Å². The van der Waals surface area contributed by atoms with Crippen LogP contribution >= 0.6 is 0 Å². The van der Waals surface area contributed by atoms with Gasteiger partial charge in [-0.25, -0.2) is 9.59 Å². The zero-order valence-electron chi connectivity index (χ0n) is 19.9. The Morgan fingerprint density at radius 2 is 1.74 bits per heavy atom. The Kier molecular flexibility index (Phi) is 6.19. The molecular formula is C23H34BNO6. The van der Waals surface area contributed by atoms with Crippen molar-refractivity contribution in [2.45, 2.75) is 91.2 Å². The molecule has 0 saturated carbocycles. The lowest BCUT2D eigenvalue weighted by Gasteiger charge is -2.36. The normalized spacial score (nSPS) is 22.1. The van der Waals surface area contributed by atoms with Crippen LogP contribution in [0.2, 0.25) is 0 Å². The highest BCUT2D eigenvalue weighted by Crippen LogP contribution is 2.37. The topological polar surface area (TPSA) is 74.3 Å². The molecule has 0 spiro atoms. The second-order valence-corrected chi connectivity index (χ2v) is 10.2. The summed E-state index contributed by atoms with van der Waals surface area (Å²) in [6.07, 6.45) is -0.174. The molecule has 170 valence electrons. The van der Waals surface area contributed by atoms with Crippen LogP contribution in [0.25, 0.3) is 0 Å². The van der Waals surface area contributed by atoms with E-state index < -0.39 is 42.0 Å². The van der Waals surface area contributed by atoms with Crippen LogP contribution in [0.4, 0.5) is 4.79 Å². The van der Waals surface area contributed by atoms with Crippen molar-refractivity contribution in [3.63, 3.8) is 0 Å². The van der Waals surface area contributed by atoms with Gasteiger partial charge in [0.25, 0.3) is 0 Å². The van der Waals surface area contributed by atoms with Gasteiger partial charge < -0.3 is 18.8 Å². The van der Waals surface area contributed by atoms with Crippen LogP contribution in [0.5, 0.6) is 0 Å². The van der Waals surface area contributed by atoms with Gasteiger partial charge in [0.1, 0.15) is 11.6 Å². The molecule has 1 amide bonds. The van der Waals surface area contributed by atoms with E-state index in [0.29, 0.717) is 6.42 Å². The number of amides is 1. The van der Waals surface area contributed by atoms with E-state index in [1.807, 2.05) is 45.9 Å². The molecule has 2 aliphatic heterocycles. The molecule has 0 aliphatic carbocycles. The molecule has 1 fully saturated rings. The van der Waals surface area contributed by atoms with Gasteiger partial charge in [-0.1, -0.05) is 18.2 Å². The number of hydrogen-bond donors (Lipinski definition) is 0. The van der Waals surface area contributed by atoms with Crippen molar-refractivity contribution >= 4 is 24.6 Å².